The zero-order valence-electron chi connectivity index (χ0n) is 9.89. The Morgan fingerprint density at radius 3 is 2.78 bits per heavy atom. The molecule has 96 valence electrons. The average Bonchev–Trinajstić information content (AvgIpc) is 2.73. The number of nitrogens with zero attached hydrogens (tertiary/aromatic N) is 2. The maximum absolute atomic E-state index is 12.3. The molecular formula is C12H13ClN2O3. The molecule has 18 heavy (non-hydrogen) atoms. The first-order chi connectivity index (χ1) is 8.45. The van der Waals surface area contributed by atoms with E-state index < -0.39 is 11.5 Å². The van der Waals surface area contributed by atoms with Gasteiger partial charge in [-0.1, -0.05) is 11.6 Å². The molecule has 0 aliphatic carbocycles. The van der Waals surface area contributed by atoms with Crippen LogP contribution in [0.15, 0.2) is 18.3 Å². The summed E-state index contributed by atoms with van der Waals surface area (Å²) in [5.74, 6) is -1.29. The Hall–Kier alpha value is -1.62. The molecule has 1 atom stereocenters. The van der Waals surface area contributed by atoms with Crippen LogP contribution in [-0.2, 0) is 4.79 Å². The second-order valence-electron chi connectivity index (χ2n) is 4.51. The van der Waals surface area contributed by atoms with Gasteiger partial charge in [0, 0.05) is 12.7 Å². The lowest BCUT2D eigenvalue weighted by molar-refractivity contribution is -0.147. The van der Waals surface area contributed by atoms with Crippen molar-refractivity contribution in [1.29, 1.82) is 0 Å². The molecule has 6 heteroatoms. The fourth-order valence-corrected chi connectivity index (χ4v) is 2.28. The predicted molar refractivity (Wildman–Crippen MR) is 65.6 cm³/mol. The van der Waals surface area contributed by atoms with Gasteiger partial charge in [-0.3, -0.25) is 4.79 Å². The minimum Gasteiger partial charge on any atom is -0.480 e. The Balaban J connectivity index is 2.28. The van der Waals surface area contributed by atoms with Gasteiger partial charge in [-0.05, 0) is 31.9 Å². The summed E-state index contributed by atoms with van der Waals surface area (Å²) < 4.78 is 0. The van der Waals surface area contributed by atoms with Crippen molar-refractivity contribution < 1.29 is 14.7 Å². The smallest absolute Gasteiger partial charge is 0.329 e. The highest BCUT2D eigenvalue weighted by atomic mass is 35.5. The van der Waals surface area contributed by atoms with Gasteiger partial charge in [0.2, 0.25) is 0 Å². The first-order valence-electron chi connectivity index (χ1n) is 5.62. The Kier molecular flexibility index (Phi) is 3.26. The third-order valence-corrected chi connectivity index (χ3v) is 3.54. The highest BCUT2D eigenvalue weighted by Gasteiger charge is 2.46. The lowest BCUT2D eigenvalue weighted by Crippen LogP contribution is -2.50. The fourth-order valence-electron chi connectivity index (χ4n) is 2.17. The quantitative estimate of drug-likeness (QED) is 0.831. The topological polar surface area (TPSA) is 70.5 Å². The third-order valence-electron chi connectivity index (χ3n) is 3.32. The van der Waals surface area contributed by atoms with Crippen LogP contribution < -0.4 is 0 Å². The molecule has 0 spiro atoms. The van der Waals surface area contributed by atoms with Crippen LogP contribution >= 0.6 is 11.6 Å². The molecule has 1 unspecified atom stereocenters. The van der Waals surface area contributed by atoms with E-state index in [0.717, 1.165) is 0 Å². The SMILES string of the molecule is CC1(C(=O)O)CCCN1C(=O)c1ccc(Cl)nc1. The number of carbonyl (C=O) groups is 2. The lowest BCUT2D eigenvalue weighted by atomic mass is 9.99. The maximum Gasteiger partial charge on any atom is 0.329 e. The third kappa shape index (κ3) is 2.06. The van der Waals surface area contributed by atoms with E-state index in [-0.39, 0.29) is 5.91 Å². The highest BCUT2D eigenvalue weighted by molar-refractivity contribution is 6.29. The van der Waals surface area contributed by atoms with Gasteiger partial charge in [-0.2, -0.15) is 0 Å². The molecule has 1 aliphatic heterocycles. The summed E-state index contributed by atoms with van der Waals surface area (Å²) in [4.78, 5) is 28.8. The zero-order chi connectivity index (χ0) is 13.3. The number of carboxylic acid groups (broad SMARTS) is 1. The molecule has 0 radical (unpaired) electrons. The Morgan fingerprint density at radius 2 is 2.22 bits per heavy atom. The molecule has 5 nitrogen and oxygen atoms in total. The van der Waals surface area contributed by atoms with E-state index in [1.807, 2.05) is 0 Å². The number of rotatable bonds is 2. The molecule has 1 fully saturated rings. The lowest BCUT2D eigenvalue weighted by Gasteiger charge is -2.31. The minimum absolute atomic E-state index is 0.300. The number of aliphatic carboxylic acids is 1. The summed E-state index contributed by atoms with van der Waals surface area (Å²) in [6.07, 6.45) is 2.52. The number of aromatic nitrogens is 1. The van der Waals surface area contributed by atoms with Gasteiger partial charge in [0.15, 0.2) is 0 Å². The number of halogens is 1. The van der Waals surface area contributed by atoms with Crippen LogP contribution in [0.4, 0.5) is 0 Å². The molecule has 0 aromatic carbocycles. The Morgan fingerprint density at radius 1 is 1.50 bits per heavy atom. The van der Waals surface area contributed by atoms with Gasteiger partial charge in [-0.25, -0.2) is 9.78 Å². The predicted octanol–water partition coefficient (Wildman–Crippen LogP) is 1.81. The fraction of sp³-hybridized carbons (Fsp3) is 0.417. The van der Waals surface area contributed by atoms with E-state index in [9.17, 15) is 14.7 Å². The summed E-state index contributed by atoms with van der Waals surface area (Å²) in [6, 6.07) is 3.07. The number of amides is 1. The van der Waals surface area contributed by atoms with Crippen molar-refractivity contribution in [2.45, 2.75) is 25.3 Å². The van der Waals surface area contributed by atoms with Gasteiger partial charge >= 0.3 is 5.97 Å². The Labute approximate surface area is 109 Å². The molecular weight excluding hydrogens is 256 g/mol. The number of carboxylic acids is 1. The van der Waals surface area contributed by atoms with Crippen molar-refractivity contribution in [2.24, 2.45) is 0 Å². The first-order valence-corrected chi connectivity index (χ1v) is 6.00. The van der Waals surface area contributed by atoms with Crippen molar-refractivity contribution in [1.82, 2.24) is 9.88 Å². The molecule has 2 rings (SSSR count). The van der Waals surface area contributed by atoms with Gasteiger partial charge in [0.05, 0.1) is 5.56 Å². The molecule has 2 heterocycles. The summed E-state index contributed by atoms with van der Waals surface area (Å²) in [5.41, 5.74) is -0.773. The van der Waals surface area contributed by atoms with Crippen LogP contribution in [-0.4, -0.2) is 39.0 Å². The van der Waals surface area contributed by atoms with E-state index in [1.54, 1.807) is 13.0 Å². The number of hydrogen-bond acceptors (Lipinski definition) is 3. The normalized spacial score (nSPS) is 23.1. The second kappa shape index (κ2) is 4.57. The van der Waals surface area contributed by atoms with Gasteiger partial charge in [-0.15, -0.1) is 0 Å². The van der Waals surface area contributed by atoms with Gasteiger partial charge in [0.25, 0.3) is 5.91 Å². The average molecular weight is 269 g/mol. The van der Waals surface area contributed by atoms with Crippen LogP contribution in [0.5, 0.6) is 0 Å². The monoisotopic (exact) mass is 268 g/mol. The highest BCUT2D eigenvalue weighted by Crippen LogP contribution is 2.30. The van der Waals surface area contributed by atoms with E-state index >= 15 is 0 Å². The molecule has 0 bridgehead atoms. The van der Waals surface area contributed by atoms with Crippen LogP contribution in [0.25, 0.3) is 0 Å². The molecule has 1 aromatic heterocycles. The van der Waals surface area contributed by atoms with E-state index in [2.05, 4.69) is 4.98 Å². The summed E-state index contributed by atoms with van der Waals surface area (Å²) in [6.45, 7) is 2.02. The molecule has 1 saturated heterocycles. The van der Waals surface area contributed by atoms with Gasteiger partial charge in [0.1, 0.15) is 10.7 Å². The zero-order valence-corrected chi connectivity index (χ0v) is 10.6. The van der Waals surface area contributed by atoms with Crippen LogP contribution in [0.2, 0.25) is 5.15 Å². The number of carbonyl (C=O) groups excluding carboxylic acids is 1. The Bertz CT molecular complexity index is 489. The molecule has 0 saturated carbocycles. The largest absolute Gasteiger partial charge is 0.480 e. The summed E-state index contributed by atoms with van der Waals surface area (Å²) in [7, 11) is 0. The minimum atomic E-state index is -1.13. The van der Waals surface area contributed by atoms with Gasteiger partial charge < -0.3 is 10.0 Å². The van der Waals surface area contributed by atoms with Crippen molar-refractivity contribution >= 4 is 23.5 Å². The van der Waals surface area contributed by atoms with Crippen LogP contribution in [0.3, 0.4) is 0 Å². The molecule has 1 amide bonds. The summed E-state index contributed by atoms with van der Waals surface area (Å²) in [5, 5.41) is 9.55. The first kappa shape index (κ1) is 12.8. The maximum atomic E-state index is 12.3. The number of likely N-dealkylation sites (tertiary alicyclic amines) is 1. The van der Waals surface area contributed by atoms with Crippen LogP contribution in [0.1, 0.15) is 30.1 Å². The van der Waals surface area contributed by atoms with Crippen molar-refractivity contribution in [3.05, 3.63) is 29.0 Å². The second-order valence-corrected chi connectivity index (χ2v) is 4.90. The van der Waals surface area contributed by atoms with Crippen molar-refractivity contribution in [3.8, 4) is 0 Å². The molecule has 1 aromatic rings. The number of pyridine rings is 1. The summed E-state index contributed by atoms with van der Waals surface area (Å²) >= 11 is 5.65. The van der Waals surface area contributed by atoms with Crippen LogP contribution in [0, 0.1) is 0 Å². The van der Waals surface area contributed by atoms with Crippen molar-refractivity contribution in [2.75, 3.05) is 6.54 Å². The standard InChI is InChI=1S/C12H13ClN2O3/c1-12(11(17)18)5-2-6-15(12)10(16)8-3-4-9(13)14-7-8/h3-4,7H,2,5-6H2,1H3,(H,17,18). The molecule has 1 aliphatic rings. The number of hydrogen-bond donors (Lipinski definition) is 1. The van der Waals surface area contributed by atoms with Crippen molar-refractivity contribution in [3.63, 3.8) is 0 Å². The van der Waals surface area contributed by atoms with E-state index in [4.69, 9.17) is 11.6 Å². The molecule has 1 N–H and O–H groups in total. The van der Waals surface area contributed by atoms with E-state index in [1.165, 1.54) is 17.2 Å². The van der Waals surface area contributed by atoms with E-state index in [0.29, 0.717) is 30.1 Å².